The first-order chi connectivity index (χ1) is 13.7. The highest BCUT2D eigenvalue weighted by Crippen LogP contribution is 2.41. The van der Waals surface area contributed by atoms with Crippen LogP contribution in [-0.4, -0.2) is 132 Å². The average Bonchev–Trinajstić information content (AvgIpc) is 2.67. The van der Waals surface area contributed by atoms with Crippen LogP contribution in [0.15, 0.2) is 0 Å². The van der Waals surface area contributed by atoms with Gasteiger partial charge in [0.2, 0.25) is 0 Å². The Hall–Kier alpha value is -0.290. The standard InChI is InChI=1S/C8H16O5.C7H15O9P/c1-3-4(9)6(11)7(12)8(13-2)5(3)10;1-15-6-4(10)2(8)3(9)5(11)7(6)16-17(12,13)14/h3-12H,1-2H3;2-11H,1H3,(H2,12,13,14)/t3-,4-,5-,6+,7-,8-;2-,3-,4+,5+,6-,7+/m10/s1. The summed E-state index contributed by atoms with van der Waals surface area (Å²) >= 11 is 0. The molecular formula is C15H31O14P. The molecule has 30 heavy (non-hydrogen) atoms. The van der Waals surface area contributed by atoms with Crippen molar-refractivity contribution >= 4 is 7.82 Å². The molecule has 0 saturated heterocycles. The number of phosphoric acid groups is 1. The number of phosphoric ester groups is 1. The molecule has 14 nitrogen and oxygen atoms in total. The summed E-state index contributed by atoms with van der Waals surface area (Å²) in [5.74, 6) is -0.511. The molecule has 2 aliphatic rings. The molecule has 2 aliphatic carbocycles. The van der Waals surface area contributed by atoms with E-state index in [1.165, 1.54) is 7.11 Å². The molecule has 0 aromatic rings. The summed E-state index contributed by atoms with van der Waals surface area (Å²) in [7, 11) is -2.50. The van der Waals surface area contributed by atoms with Gasteiger partial charge in [0.15, 0.2) is 0 Å². The Morgan fingerprint density at radius 2 is 0.933 bits per heavy atom. The van der Waals surface area contributed by atoms with E-state index in [1.807, 2.05) is 0 Å². The minimum Gasteiger partial charge on any atom is -0.390 e. The fraction of sp³-hybridized carbons (Fsp3) is 1.00. The number of aliphatic hydroxyl groups is 8. The Morgan fingerprint density at radius 3 is 1.33 bits per heavy atom. The lowest BCUT2D eigenvalue weighted by atomic mass is 9.79. The van der Waals surface area contributed by atoms with Crippen molar-refractivity contribution in [2.45, 2.75) is 74.1 Å². The fourth-order valence-electron chi connectivity index (χ4n) is 3.43. The summed E-state index contributed by atoms with van der Waals surface area (Å²) in [4.78, 5) is 17.3. The maximum Gasteiger partial charge on any atom is 0.470 e. The largest absolute Gasteiger partial charge is 0.470 e. The van der Waals surface area contributed by atoms with Gasteiger partial charge in [-0.05, 0) is 0 Å². The Kier molecular flexibility index (Phi) is 10.2. The van der Waals surface area contributed by atoms with E-state index < -0.39 is 80.9 Å². The maximum absolute atomic E-state index is 10.7. The topological polar surface area (TPSA) is 247 Å². The van der Waals surface area contributed by atoms with Gasteiger partial charge in [0.1, 0.15) is 54.9 Å². The van der Waals surface area contributed by atoms with E-state index in [2.05, 4.69) is 4.52 Å². The van der Waals surface area contributed by atoms with Crippen LogP contribution in [-0.2, 0) is 18.6 Å². The first-order valence-corrected chi connectivity index (χ1v) is 10.5. The van der Waals surface area contributed by atoms with Gasteiger partial charge >= 0.3 is 7.82 Å². The van der Waals surface area contributed by atoms with Crippen LogP contribution in [0.25, 0.3) is 0 Å². The first-order valence-electron chi connectivity index (χ1n) is 8.93. The predicted octanol–water partition coefficient (Wildman–Crippen LogP) is -4.97. The predicted molar refractivity (Wildman–Crippen MR) is 95.7 cm³/mol. The van der Waals surface area contributed by atoms with Gasteiger partial charge in [0.25, 0.3) is 0 Å². The van der Waals surface area contributed by atoms with Crippen molar-refractivity contribution in [1.82, 2.24) is 0 Å². The van der Waals surface area contributed by atoms with Gasteiger partial charge < -0.3 is 60.1 Å². The van der Waals surface area contributed by atoms with Crippen molar-refractivity contribution in [2.75, 3.05) is 14.2 Å². The summed E-state index contributed by atoms with van der Waals surface area (Å²) in [5.41, 5.74) is 0. The van der Waals surface area contributed by atoms with Crippen LogP contribution < -0.4 is 0 Å². The molecule has 2 fully saturated rings. The second kappa shape index (κ2) is 11.0. The SMILES string of the molecule is CO[C@@H]1[C@H](O)[C@H](C)[C@@H](O)[C@H](O)[C@H]1O.CO[C@H]1[C@H](O)[C@@H](O)[C@H](O)[C@@H](O)[C@H]1OP(=O)(O)O. The zero-order valence-corrected chi connectivity index (χ0v) is 17.4. The number of hydrogen-bond acceptors (Lipinski definition) is 12. The van der Waals surface area contributed by atoms with E-state index in [4.69, 9.17) is 19.3 Å². The molecule has 12 atom stereocenters. The smallest absolute Gasteiger partial charge is 0.390 e. The van der Waals surface area contributed by atoms with Crippen molar-refractivity contribution in [3.8, 4) is 0 Å². The van der Waals surface area contributed by atoms with Gasteiger partial charge in [-0.3, -0.25) is 4.52 Å². The van der Waals surface area contributed by atoms with Crippen LogP contribution in [0.1, 0.15) is 6.92 Å². The van der Waals surface area contributed by atoms with Gasteiger partial charge in [-0.25, -0.2) is 4.57 Å². The van der Waals surface area contributed by atoms with Gasteiger partial charge in [-0.2, -0.15) is 0 Å². The molecule has 0 spiro atoms. The van der Waals surface area contributed by atoms with Gasteiger partial charge in [0.05, 0.1) is 12.2 Å². The molecule has 0 unspecified atom stereocenters. The van der Waals surface area contributed by atoms with Crippen LogP contribution in [0.2, 0.25) is 0 Å². The Morgan fingerprint density at radius 1 is 0.567 bits per heavy atom. The normalized spacial score (nSPS) is 47.4. The summed E-state index contributed by atoms with van der Waals surface area (Å²) in [6, 6.07) is 0. The summed E-state index contributed by atoms with van der Waals surface area (Å²) in [6.45, 7) is 1.59. The van der Waals surface area contributed by atoms with Crippen molar-refractivity contribution in [1.29, 1.82) is 0 Å². The van der Waals surface area contributed by atoms with Crippen LogP contribution in [0.4, 0.5) is 0 Å². The van der Waals surface area contributed by atoms with E-state index >= 15 is 0 Å². The van der Waals surface area contributed by atoms with Crippen molar-refractivity contribution in [2.24, 2.45) is 5.92 Å². The lowest BCUT2D eigenvalue weighted by Gasteiger charge is -2.42. The number of hydrogen-bond donors (Lipinski definition) is 10. The van der Waals surface area contributed by atoms with Crippen LogP contribution in [0, 0.1) is 5.92 Å². The first kappa shape index (κ1) is 27.7. The minimum atomic E-state index is -4.94. The molecule has 0 aromatic heterocycles. The Labute approximate surface area is 172 Å². The highest BCUT2D eigenvalue weighted by molar-refractivity contribution is 7.46. The molecule has 0 bridgehead atoms. The Balaban J connectivity index is 0.000000311. The van der Waals surface area contributed by atoms with Crippen LogP contribution >= 0.6 is 7.82 Å². The number of ether oxygens (including phenoxy) is 2. The molecule has 0 amide bonds. The lowest BCUT2D eigenvalue weighted by molar-refractivity contribution is -0.225. The molecule has 0 radical (unpaired) electrons. The van der Waals surface area contributed by atoms with Crippen molar-refractivity contribution < 1.29 is 69.2 Å². The fourth-order valence-corrected chi connectivity index (χ4v) is 3.99. The number of rotatable bonds is 4. The maximum atomic E-state index is 10.7. The molecule has 0 aliphatic heterocycles. The van der Waals surface area contributed by atoms with Crippen LogP contribution in [0.3, 0.4) is 0 Å². The van der Waals surface area contributed by atoms with Gasteiger partial charge in [-0.15, -0.1) is 0 Å². The second-order valence-corrected chi connectivity index (χ2v) is 8.44. The van der Waals surface area contributed by atoms with Crippen LogP contribution in [0.5, 0.6) is 0 Å². The zero-order chi connectivity index (χ0) is 23.5. The Bertz CT molecular complexity index is 558. The summed E-state index contributed by atoms with van der Waals surface area (Å²) < 4.78 is 24.5. The van der Waals surface area contributed by atoms with Gasteiger partial charge in [0, 0.05) is 20.1 Å². The van der Waals surface area contributed by atoms with Gasteiger partial charge in [-0.1, -0.05) is 6.92 Å². The molecule has 0 aromatic carbocycles. The number of methoxy groups -OCH3 is 2. The monoisotopic (exact) mass is 466 g/mol. The van der Waals surface area contributed by atoms with Crippen molar-refractivity contribution in [3.63, 3.8) is 0 Å². The molecule has 180 valence electrons. The highest BCUT2D eigenvalue weighted by Gasteiger charge is 2.52. The highest BCUT2D eigenvalue weighted by atomic mass is 31.2. The van der Waals surface area contributed by atoms with E-state index in [1.54, 1.807) is 6.92 Å². The third kappa shape index (κ3) is 6.15. The molecular weight excluding hydrogens is 435 g/mol. The molecule has 2 rings (SSSR count). The van der Waals surface area contributed by atoms with E-state index in [0.717, 1.165) is 7.11 Å². The lowest BCUT2D eigenvalue weighted by Crippen LogP contribution is -2.64. The average molecular weight is 466 g/mol. The van der Waals surface area contributed by atoms with E-state index in [9.17, 15) is 45.4 Å². The van der Waals surface area contributed by atoms with E-state index in [-0.39, 0.29) is 0 Å². The van der Waals surface area contributed by atoms with E-state index in [0.29, 0.717) is 0 Å². The zero-order valence-electron chi connectivity index (χ0n) is 16.5. The quantitative estimate of drug-likeness (QED) is 0.174. The minimum absolute atomic E-state index is 0.511. The third-order valence-electron chi connectivity index (χ3n) is 5.30. The molecule has 10 N–H and O–H groups in total. The number of aliphatic hydroxyl groups excluding tert-OH is 8. The summed E-state index contributed by atoms with van der Waals surface area (Å²) in [6.07, 6.45) is -15.4. The summed E-state index contributed by atoms with van der Waals surface area (Å²) in [5, 5.41) is 75.4. The molecule has 2 saturated carbocycles. The molecule has 0 heterocycles. The van der Waals surface area contributed by atoms with Crippen molar-refractivity contribution in [3.05, 3.63) is 0 Å². The third-order valence-corrected chi connectivity index (χ3v) is 5.82. The molecule has 15 heteroatoms. The second-order valence-electron chi connectivity index (χ2n) is 7.25.